The van der Waals surface area contributed by atoms with Crippen molar-refractivity contribution in [3.05, 3.63) is 48.0 Å². The van der Waals surface area contributed by atoms with E-state index in [1.54, 1.807) is 28.8 Å². The Balaban J connectivity index is 2.13. The maximum atomic E-state index is 12.8. The van der Waals surface area contributed by atoms with E-state index < -0.39 is 26.2 Å². The predicted octanol–water partition coefficient (Wildman–Crippen LogP) is 3.80. The lowest BCUT2D eigenvalue weighted by atomic mass is 10.1. The topological polar surface area (TPSA) is 78.3 Å². The minimum atomic E-state index is -5.46. The zero-order valence-electron chi connectivity index (χ0n) is 14.8. The second kappa shape index (κ2) is 6.93. The molecule has 148 valence electrons. The molecule has 10 heteroatoms. The molecular weight excluding hydrogens is 397 g/mol. The van der Waals surface area contributed by atoms with Crippen molar-refractivity contribution in [1.29, 1.82) is 0 Å². The number of methoxy groups -OCH3 is 1. The van der Waals surface area contributed by atoms with Gasteiger partial charge in [-0.2, -0.15) is 13.2 Å². The number of imidazole rings is 1. The number of alkyl halides is 3. The largest absolute Gasteiger partial charge is 0.501 e. The van der Waals surface area contributed by atoms with Crippen molar-refractivity contribution >= 4 is 26.8 Å². The first kappa shape index (κ1) is 19.9. The van der Waals surface area contributed by atoms with Crippen molar-refractivity contribution in [3.63, 3.8) is 0 Å². The van der Waals surface area contributed by atoms with Gasteiger partial charge >= 0.3 is 11.5 Å². The van der Waals surface area contributed by atoms with E-state index in [0.717, 1.165) is 12.1 Å². The molecule has 0 aliphatic carbocycles. The van der Waals surface area contributed by atoms with Crippen LogP contribution in [-0.4, -0.2) is 36.6 Å². The first-order valence-electron chi connectivity index (χ1n) is 8.10. The third kappa shape index (κ3) is 3.24. The van der Waals surface area contributed by atoms with Gasteiger partial charge in [-0.1, -0.05) is 12.1 Å². The molecule has 0 atom stereocenters. The van der Waals surface area contributed by atoms with Crippen LogP contribution in [0.15, 0.2) is 47.4 Å². The van der Waals surface area contributed by atoms with Crippen molar-refractivity contribution in [3.8, 4) is 11.4 Å². The van der Waals surface area contributed by atoms with Crippen LogP contribution in [0.25, 0.3) is 22.4 Å². The standard InChI is InChI=1S/C18H15F3N2O4S/c1-3-23-15-9-8-13(28(25,26)18(19,20)21)10-14(15)22-16(23)11-4-6-12(7-5-11)17(24)27-2/h4-10H,3H2,1-2H3. The van der Waals surface area contributed by atoms with Crippen LogP contribution in [0, 0.1) is 0 Å². The summed E-state index contributed by atoms with van der Waals surface area (Å²) in [6.07, 6.45) is 0. The molecule has 28 heavy (non-hydrogen) atoms. The monoisotopic (exact) mass is 412 g/mol. The molecule has 0 saturated carbocycles. The summed E-state index contributed by atoms with van der Waals surface area (Å²) >= 11 is 0. The molecule has 0 bridgehead atoms. The van der Waals surface area contributed by atoms with Gasteiger partial charge in [0.05, 0.1) is 28.6 Å². The van der Waals surface area contributed by atoms with Gasteiger partial charge in [0.25, 0.3) is 9.84 Å². The second-order valence-electron chi connectivity index (χ2n) is 5.85. The summed E-state index contributed by atoms with van der Waals surface area (Å²) in [5.41, 5.74) is -3.81. The first-order chi connectivity index (χ1) is 13.1. The summed E-state index contributed by atoms with van der Waals surface area (Å²) < 4.78 is 68.1. The van der Waals surface area contributed by atoms with E-state index in [9.17, 15) is 26.4 Å². The van der Waals surface area contributed by atoms with Crippen LogP contribution >= 0.6 is 0 Å². The molecular formula is C18H15F3N2O4S. The molecule has 0 amide bonds. The lowest BCUT2D eigenvalue weighted by Gasteiger charge is -2.08. The Hall–Kier alpha value is -2.88. The second-order valence-corrected chi connectivity index (χ2v) is 7.79. The van der Waals surface area contributed by atoms with Crippen LogP contribution in [0.5, 0.6) is 0 Å². The molecule has 0 aliphatic heterocycles. The highest BCUT2D eigenvalue weighted by Gasteiger charge is 2.47. The minimum absolute atomic E-state index is 0.124. The van der Waals surface area contributed by atoms with Gasteiger partial charge in [-0.25, -0.2) is 18.2 Å². The molecule has 3 rings (SSSR count). The number of benzene rings is 2. The Morgan fingerprint density at radius 2 is 1.79 bits per heavy atom. The van der Waals surface area contributed by atoms with Gasteiger partial charge in [0.15, 0.2) is 0 Å². The average Bonchev–Trinajstić information content (AvgIpc) is 3.04. The summed E-state index contributed by atoms with van der Waals surface area (Å²) in [7, 11) is -4.20. The number of sulfone groups is 1. The summed E-state index contributed by atoms with van der Waals surface area (Å²) in [5, 5.41) is 0. The molecule has 0 aliphatic rings. The SMILES string of the molecule is CCn1c(-c2ccc(C(=O)OC)cc2)nc2cc(S(=O)(=O)C(F)(F)F)ccc21. The fourth-order valence-corrected chi connectivity index (χ4v) is 3.61. The zero-order valence-corrected chi connectivity index (χ0v) is 15.6. The summed E-state index contributed by atoms with van der Waals surface area (Å²) in [6.45, 7) is 2.28. The number of carbonyl (C=O) groups excluding carboxylic acids is 1. The maximum Gasteiger partial charge on any atom is 0.501 e. The lowest BCUT2D eigenvalue weighted by molar-refractivity contribution is -0.0436. The minimum Gasteiger partial charge on any atom is -0.465 e. The number of aryl methyl sites for hydroxylation is 1. The first-order valence-corrected chi connectivity index (χ1v) is 9.59. The van der Waals surface area contributed by atoms with E-state index in [0.29, 0.717) is 29.0 Å². The van der Waals surface area contributed by atoms with Crippen molar-refractivity contribution < 1.29 is 31.1 Å². The number of rotatable bonds is 4. The number of ether oxygens (including phenoxy) is 1. The van der Waals surface area contributed by atoms with Gasteiger partial charge in [-0.3, -0.25) is 0 Å². The number of halogens is 3. The van der Waals surface area contributed by atoms with Crippen molar-refractivity contribution in [1.82, 2.24) is 9.55 Å². The normalized spacial score (nSPS) is 12.3. The third-order valence-corrected chi connectivity index (χ3v) is 5.70. The predicted molar refractivity (Wildman–Crippen MR) is 95.4 cm³/mol. The molecule has 0 N–H and O–H groups in total. The fourth-order valence-electron chi connectivity index (χ4n) is 2.82. The molecule has 0 fully saturated rings. The quantitative estimate of drug-likeness (QED) is 0.609. The van der Waals surface area contributed by atoms with Crippen molar-refractivity contribution in [2.75, 3.05) is 7.11 Å². The fraction of sp³-hybridized carbons (Fsp3) is 0.222. The van der Waals surface area contributed by atoms with Crippen LogP contribution in [0.1, 0.15) is 17.3 Å². The lowest BCUT2D eigenvalue weighted by Crippen LogP contribution is -2.23. The number of fused-ring (bicyclic) bond motifs is 1. The number of hydrogen-bond acceptors (Lipinski definition) is 5. The van der Waals surface area contributed by atoms with E-state index in [-0.39, 0.29) is 5.52 Å². The van der Waals surface area contributed by atoms with Gasteiger partial charge in [0.2, 0.25) is 0 Å². The van der Waals surface area contributed by atoms with Crippen LogP contribution in [-0.2, 0) is 21.1 Å². The number of hydrogen-bond donors (Lipinski definition) is 0. The van der Waals surface area contributed by atoms with E-state index >= 15 is 0 Å². The number of nitrogens with zero attached hydrogens (tertiary/aromatic N) is 2. The highest BCUT2D eigenvalue weighted by Crippen LogP contribution is 2.33. The Morgan fingerprint density at radius 3 is 2.32 bits per heavy atom. The third-order valence-electron chi connectivity index (χ3n) is 4.22. The van der Waals surface area contributed by atoms with Gasteiger partial charge in [-0.05, 0) is 37.3 Å². The van der Waals surface area contributed by atoms with Gasteiger partial charge in [0.1, 0.15) is 5.82 Å². The van der Waals surface area contributed by atoms with E-state index in [2.05, 4.69) is 9.72 Å². The van der Waals surface area contributed by atoms with Gasteiger partial charge in [0, 0.05) is 12.1 Å². The molecule has 1 aromatic heterocycles. The summed E-state index contributed by atoms with van der Waals surface area (Å²) in [4.78, 5) is 15.0. The van der Waals surface area contributed by atoms with E-state index in [4.69, 9.17) is 0 Å². The number of aromatic nitrogens is 2. The highest BCUT2D eigenvalue weighted by atomic mass is 32.2. The molecule has 6 nitrogen and oxygen atoms in total. The number of esters is 1. The Morgan fingerprint density at radius 1 is 1.14 bits per heavy atom. The van der Waals surface area contributed by atoms with Crippen LogP contribution in [0.2, 0.25) is 0 Å². The number of carbonyl (C=O) groups is 1. The van der Waals surface area contributed by atoms with E-state index in [1.165, 1.54) is 13.2 Å². The molecule has 0 radical (unpaired) electrons. The van der Waals surface area contributed by atoms with Crippen LogP contribution in [0.4, 0.5) is 13.2 Å². The maximum absolute atomic E-state index is 12.8. The van der Waals surface area contributed by atoms with Gasteiger partial charge in [-0.15, -0.1) is 0 Å². The zero-order chi connectivity index (χ0) is 20.7. The smallest absolute Gasteiger partial charge is 0.465 e. The van der Waals surface area contributed by atoms with Crippen molar-refractivity contribution in [2.45, 2.75) is 23.9 Å². The van der Waals surface area contributed by atoms with Crippen molar-refractivity contribution in [2.24, 2.45) is 0 Å². The van der Waals surface area contributed by atoms with Crippen LogP contribution < -0.4 is 0 Å². The molecule has 0 unspecified atom stereocenters. The summed E-state index contributed by atoms with van der Waals surface area (Å²) in [5.74, 6) is -0.0620. The molecule has 0 spiro atoms. The molecule has 3 aromatic rings. The summed E-state index contributed by atoms with van der Waals surface area (Å²) in [6, 6.07) is 9.48. The van der Waals surface area contributed by atoms with Crippen LogP contribution in [0.3, 0.4) is 0 Å². The van der Waals surface area contributed by atoms with Gasteiger partial charge < -0.3 is 9.30 Å². The Labute approximate surface area is 158 Å². The molecule has 2 aromatic carbocycles. The average molecular weight is 412 g/mol. The Kier molecular flexibility index (Phi) is 4.92. The Bertz CT molecular complexity index is 1150. The molecule has 0 saturated heterocycles. The van der Waals surface area contributed by atoms with E-state index in [1.807, 2.05) is 6.92 Å². The highest BCUT2D eigenvalue weighted by molar-refractivity contribution is 7.92. The molecule has 1 heterocycles.